The number of fused-ring (bicyclic) bond motifs is 4. The highest BCUT2D eigenvalue weighted by Crippen LogP contribution is 2.42. The Labute approximate surface area is 151 Å². The molecule has 25 heavy (non-hydrogen) atoms. The van der Waals surface area contributed by atoms with Crippen LogP contribution >= 0.6 is 0 Å². The summed E-state index contributed by atoms with van der Waals surface area (Å²) in [6, 6.07) is 9.19. The van der Waals surface area contributed by atoms with Crippen molar-refractivity contribution in [3.05, 3.63) is 35.5 Å². The largest absolute Gasteiger partial charge is 0.358 e. The molecule has 4 heterocycles. The Balaban J connectivity index is 1.51. The Kier molecular flexibility index (Phi) is 4.10. The minimum absolute atomic E-state index is 0.321. The van der Waals surface area contributed by atoms with Crippen molar-refractivity contribution < 1.29 is 0 Å². The summed E-state index contributed by atoms with van der Waals surface area (Å²) < 4.78 is 0. The number of para-hydroxylation sites is 1. The molecule has 3 nitrogen and oxygen atoms in total. The summed E-state index contributed by atoms with van der Waals surface area (Å²) in [6.45, 7) is 3.85. The van der Waals surface area contributed by atoms with Gasteiger partial charge in [0.2, 0.25) is 0 Å². The molecule has 0 amide bonds. The molecule has 134 valence electrons. The molecule has 3 saturated heterocycles. The molecular formula is C22H31N3. The van der Waals surface area contributed by atoms with Crippen molar-refractivity contribution >= 4 is 10.9 Å². The summed E-state index contributed by atoms with van der Waals surface area (Å²) in [5.74, 6) is 2.27. The van der Waals surface area contributed by atoms with Crippen LogP contribution in [0.25, 0.3) is 10.9 Å². The first-order valence-electron chi connectivity index (χ1n) is 10.4. The van der Waals surface area contributed by atoms with Crippen LogP contribution in [0.3, 0.4) is 0 Å². The van der Waals surface area contributed by atoms with E-state index in [0.29, 0.717) is 12.0 Å². The molecule has 1 saturated carbocycles. The van der Waals surface area contributed by atoms with Crippen molar-refractivity contribution in [3.8, 4) is 0 Å². The molecule has 4 fully saturated rings. The number of nitrogens with one attached hydrogen (secondary N) is 1. The highest BCUT2D eigenvalue weighted by molar-refractivity contribution is 5.85. The first kappa shape index (κ1) is 15.9. The molecule has 3 N–H and O–H groups in total. The molecule has 1 aromatic carbocycles. The van der Waals surface area contributed by atoms with E-state index in [1.54, 1.807) is 0 Å². The summed E-state index contributed by atoms with van der Waals surface area (Å²) >= 11 is 0. The number of benzene rings is 1. The highest BCUT2D eigenvalue weighted by atomic mass is 15.1. The summed E-state index contributed by atoms with van der Waals surface area (Å²) in [5.41, 5.74) is 11.1. The first-order valence-corrected chi connectivity index (χ1v) is 10.4. The second-order valence-electron chi connectivity index (χ2n) is 8.72. The number of piperidine rings is 3. The van der Waals surface area contributed by atoms with E-state index in [0.717, 1.165) is 18.3 Å². The maximum absolute atomic E-state index is 6.71. The van der Waals surface area contributed by atoms with Crippen LogP contribution in [0, 0.1) is 11.8 Å². The predicted octanol–water partition coefficient (Wildman–Crippen LogP) is 4.04. The van der Waals surface area contributed by atoms with Gasteiger partial charge in [0.05, 0.1) is 0 Å². The zero-order valence-electron chi connectivity index (χ0n) is 15.2. The average Bonchev–Trinajstić information content (AvgIpc) is 3.31. The maximum Gasteiger partial charge on any atom is 0.0459 e. The van der Waals surface area contributed by atoms with Crippen LogP contribution in [-0.4, -0.2) is 35.6 Å². The molecule has 1 aromatic heterocycles. The number of aromatic amines is 1. The van der Waals surface area contributed by atoms with Crippen molar-refractivity contribution in [2.45, 2.75) is 56.9 Å². The van der Waals surface area contributed by atoms with Gasteiger partial charge in [-0.2, -0.15) is 0 Å². The molecule has 0 radical (unpaired) electrons. The molecule has 2 unspecified atom stereocenters. The molecule has 2 atom stereocenters. The number of hydrogen-bond donors (Lipinski definition) is 2. The molecule has 3 aliphatic heterocycles. The number of hydrogen-bond acceptors (Lipinski definition) is 2. The van der Waals surface area contributed by atoms with Gasteiger partial charge in [0, 0.05) is 35.1 Å². The molecule has 0 spiro atoms. The topological polar surface area (TPSA) is 45.0 Å². The second kappa shape index (κ2) is 6.44. The third-order valence-corrected chi connectivity index (χ3v) is 7.32. The quantitative estimate of drug-likeness (QED) is 0.884. The van der Waals surface area contributed by atoms with Crippen molar-refractivity contribution in [3.63, 3.8) is 0 Å². The van der Waals surface area contributed by atoms with E-state index in [-0.39, 0.29) is 0 Å². The Bertz CT molecular complexity index is 735. The summed E-state index contributed by atoms with van der Waals surface area (Å²) in [5, 5.41) is 1.42. The highest BCUT2D eigenvalue weighted by Gasteiger charge is 2.37. The first-order chi connectivity index (χ1) is 12.3. The van der Waals surface area contributed by atoms with Gasteiger partial charge in [0.1, 0.15) is 0 Å². The lowest BCUT2D eigenvalue weighted by Crippen LogP contribution is -2.46. The van der Waals surface area contributed by atoms with Gasteiger partial charge in [-0.05, 0) is 68.7 Å². The van der Waals surface area contributed by atoms with E-state index < -0.39 is 0 Å². The minimum atomic E-state index is 0.321. The van der Waals surface area contributed by atoms with Crippen LogP contribution in [0.4, 0.5) is 0 Å². The van der Waals surface area contributed by atoms with E-state index in [1.165, 1.54) is 80.3 Å². The lowest BCUT2D eigenvalue weighted by Gasteiger charge is -2.45. The molecule has 4 aliphatic rings. The monoisotopic (exact) mass is 337 g/mol. The smallest absolute Gasteiger partial charge is 0.0459 e. The van der Waals surface area contributed by atoms with Crippen molar-refractivity contribution in [2.75, 3.05) is 19.6 Å². The van der Waals surface area contributed by atoms with Gasteiger partial charge in [-0.1, -0.05) is 31.0 Å². The van der Waals surface area contributed by atoms with E-state index in [2.05, 4.69) is 34.1 Å². The fraction of sp³-hybridized carbons (Fsp3) is 0.636. The zero-order valence-corrected chi connectivity index (χ0v) is 15.2. The third kappa shape index (κ3) is 2.82. The zero-order chi connectivity index (χ0) is 16.8. The van der Waals surface area contributed by atoms with Gasteiger partial charge >= 0.3 is 0 Å². The van der Waals surface area contributed by atoms with Crippen molar-refractivity contribution in [1.29, 1.82) is 0 Å². The van der Waals surface area contributed by atoms with Gasteiger partial charge in [-0.3, -0.25) is 0 Å². The molecule has 6 rings (SSSR count). The number of nitrogens with zero attached hydrogens (tertiary/aromatic N) is 1. The van der Waals surface area contributed by atoms with E-state index >= 15 is 0 Å². The average molecular weight is 338 g/mol. The summed E-state index contributed by atoms with van der Waals surface area (Å²) in [7, 11) is 0. The predicted molar refractivity (Wildman–Crippen MR) is 104 cm³/mol. The fourth-order valence-electron chi connectivity index (χ4n) is 5.84. The van der Waals surface area contributed by atoms with Crippen LogP contribution in [0.2, 0.25) is 0 Å². The number of rotatable bonds is 4. The van der Waals surface area contributed by atoms with Gasteiger partial charge in [0.25, 0.3) is 0 Å². The third-order valence-electron chi connectivity index (χ3n) is 7.32. The minimum Gasteiger partial charge on any atom is -0.358 e. The lowest BCUT2D eigenvalue weighted by molar-refractivity contribution is 0.0853. The van der Waals surface area contributed by atoms with Crippen LogP contribution in [0.15, 0.2) is 24.3 Å². The molecule has 2 bridgehead atoms. The summed E-state index contributed by atoms with van der Waals surface area (Å²) in [4.78, 5) is 6.50. The Morgan fingerprint density at radius 1 is 1.08 bits per heavy atom. The number of nitrogens with two attached hydrogens (primary N) is 1. The van der Waals surface area contributed by atoms with Gasteiger partial charge in [-0.15, -0.1) is 0 Å². The van der Waals surface area contributed by atoms with Crippen LogP contribution in [0.1, 0.15) is 55.7 Å². The van der Waals surface area contributed by atoms with Crippen LogP contribution < -0.4 is 5.73 Å². The van der Waals surface area contributed by atoms with Gasteiger partial charge in [-0.25, -0.2) is 0 Å². The molecule has 1 aliphatic carbocycles. The SMILES string of the molecule is NC(Cc1c(C2CN3CCC2CC3)[nH]c2ccccc12)C1CCCC1. The van der Waals surface area contributed by atoms with Crippen LogP contribution in [0.5, 0.6) is 0 Å². The van der Waals surface area contributed by atoms with E-state index in [4.69, 9.17) is 5.73 Å². The molecule has 2 aromatic rings. The normalized spacial score (nSPS) is 31.0. The van der Waals surface area contributed by atoms with Gasteiger partial charge < -0.3 is 15.6 Å². The molecular weight excluding hydrogens is 306 g/mol. The number of aromatic nitrogens is 1. The number of H-pyrrole nitrogens is 1. The summed E-state index contributed by atoms with van der Waals surface area (Å²) in [6.07, 6.45) is 9.20. The lowest BCUT2D eigenvalue weighted by atomic mass is 9.76. The standard InChI is InChI=1S/C22H31N3/c23-20(16-5-1-2-6-16)13-18-17-7-3-4-8-21(17)24-22(18)19-14-25-11-9-15(19)10-12-25/h3-4,7-8,15-16,19-20,24H,1-2,5-6,9-14,23H2. The van der Waals surface area contributed by atoms with Crippen molar-refractivity contribution in [1.82, 2.24) is 9.88 Å². The fourth-order valence-corrected chi connectivity index (χ4v) is 5.84. The van der Waals surface area contributed by atoms with E-state index in [9.17, 15) is 0 Å². The van der Waals surface area contributed by atoms with Crippen LogP contribution in [-0.2, 0) is 6.42 Å². The Morgan fingerprint density at radius 2 is 1.84 bits per heavy atom. The second-order valence-corrected chi connectivity index (χ2v) is 8.72. The Morgan fingerprint density at radius 3 is 2.56 bits per heavy atom. The van der Waals surface area contributed by atoms with E-state index in [1.807, 2.05) is 0 Å². The maximum atomic E-state index is 6.71. The van der Waals surface area contributed by atoms with Gasteiger partial charge in [0.15, 0.2) is 0 Å². The molecule has 3 heteroatoms. The Hall–Kier alpha value is -1.32. The van der Waals surface area contributed by atoms with Crippen molar-refractivity contribution in [2.24, 2.45) is 17.6 Å².